The van der Waals surface area contributed by atoms with Gasteiger partial charge in [-0.25, -0.2) is 4.68 Å². The van der Waals surface area contributed by atoms with Crippen LogP contribution in [0.4, 0.5) is 20.2 Å². The number of carbonyl (C=O) groups excluding carboxylic acids is 2. The summed E-state index contributed by atoms with van der Waals surface area (Å²) in [6.45, 7) is 4.41. The number of anilines is 2. The standard InChI is InChI=1S/C32H28ClF2N5O4/c1-31(2)27-22(18-12-23-24(36-15-18)14-19-16-40(39-28(19)23)26-5-3-4-10-43-26)11-17(13-25(27)38-30(31)42)29(41)37-20-6-8-21(9-7-20)44-32(33,34)35/h6-9,11-13,15-16,26H,3-5,10,14H2,1-2H3,(H,37,41)(H,38,42). The van der Waals surface area contributed by atoms with Crippen molar-refractivity contribution >= 4 is 34.8 Å². The second-order valence-electron chi connectivity index (χ2n) is 11.8. The lowest BCUT2D eigenvalue weighted by Crippen LogP contribution is -2.27. The largest absolute Gasteiger partial charge is 0.487 e. The number of alkyl halides is 3. The van der Waals surface area contributed by atoms with Gasteiger partial charge in [-0.15, -0.1) is 8.78 Å². The second-order valence-corrected chi connectivity index (χ2v) is 12.2. The Morgan fingerprint density at radius 3 is 2.70 bits per heavy atom. The molecule has 0 spiro atoms. The third-order valence-electron chi connectivity index (χ3n) is 8.34. The summed E-state index contributed by atoms with van der Waals surface area (Å²) in [6, 6.07) is 10.8. The number of rotatable bonds is 6. The minimum Gasteiger partial charge on any atom is -0.420 e. The van der Waals surface area contributed by atoms with Gasteiger partial charge in [0.05, 0.1) is 16.8 Å². The third kappa shape index (κ3) is 5.09. The molecule has 0 saturated carbocycles. The van der Waals surface area contributed by atoms with Crippen LogP contribution in [0.3, 0.4) is 0 Å². The van der Waals surface area contributed by atoms with Gasteiger partial charge < -0.3 is 20.1 Å². The highest BCUT2D eigenvalue weighted by Gasteiger charge is 2.41. The number of hydrogen-bond donors (Lipinski definition) is 2. The maximum absolute atomic E-state index is 13.4. The van der Waals surface area contributed by atoms with Crippen molar-refractivity contribution in [3.8, 4) is 28.1 Å². The van der Waals surface area contributed by atoms with E-state index >= 15 is 0 Å². The smallest absolute Gasteiger partial charge is 0.420 e. The summed E-state index contributed by atoms with van der Waals surface area (Å²) in [4.78, 5) is 31.2. The van der Waals surface area contributed by atoms with Gasteiger partial charge in [-0.1, -0.05) is 0 Å². The molecule has 2 N–H and O–H groups in total. The zero-order chi connectivity index (χ0) is 30.8. The normalized spacial score (nSPS) is 18.3. The number of halogens is 3. The molecule has 2 aromatic carbocycles. The topological polar surface area (TPSA) is 107 Å². The van der Waals surface area contributed by atoms with Crippen LogP contribution in [0.15, 0.2) is 54.9 Å². The van der Waals surface area contributed by atoms with Crippen LogP contribution < -0.4 is 15.4 Å². The molecule has 1 aliphatic carbocycles. The fourth-order valence-corrected chi connectivity index (χ4v) is 6.23. The molecule has 1 fully saturated rings. The van der Waals surface area contributed by atoms with Gasteiger partial charge in [0.2, 0.25) is 5.91 Å². The molecule has 226 valence electrons. The maximum atomic E-state index is 13.4. The highest BCUT2D eigenvalue weighted by Crippen LogP contribution is 2.46. The Kier molecular flexibility index (Phi) is 6.71. The highest BCUT2D eigenvalue weighted by atomic mass is 35.5. The van der Waals surface area contributed by atoms with Gasteiger partial charge in [0.25, 0.3) is 5.91 Å². The number of pyridine rings is 1. The van der Waals surface area contributed by atoms with Crippen molar-refractivity contribution in [1.29, 1.82) is 0 Å². The van der Waals surface area contributed by atoms with Gasteiger partial charge in [0.1, 0.15) is 12.0 Å². The molecule has 1 atom stereocenters. The van der Waals surface area contributed by atoms with E-state index in [1.54, 1.807) is 18.3 Å². The number of aromatic nitrogens is 3. The van der Waals surface area contributed by atoms with Crippen LogP contribution in [0.5, 0.6) is 5.75 Å². The van der Waals surface area contributed by atoms with E-state index in [0.717, 1.165) is 59.5 Å². The van der Waals surface area contributed by atoms with E-state index in [1.807, 2.05) is 30.8 Å². The Morgan fingerprint density at radius 1 is 1.18 bits per heavy atom. The average molecular weight is 620 g/mol. The number of nitrogens with one attached hydrogen (secondary N) is 2. The van der Waals surface area contributed by atoms with Crippen LogP contribution in [0.2, 0.25) is 0 Å². The Morgan fingerprint density at radius 2 is 1.98 bits per heavy atom. The molecule has 1 saturated heterocycles. The second kappa shape index (κ2) is 10.4. The molecule has 44 heavy (non-hydrogen) atoms. The van der Waals surface area contributed by atoms with Crippen LogP contribution in [0.1, 0.15) is 66.5 Å². The first-order valence-corrected chi connectivity index (χ1v) is 14.7. The summed E-state index contributed by atoms with van der Waals surface area (Å²) in [6.07, 6.45) is 7.48. The summed E-state index contributed by atoms with van der Waals surface area (Å²) >= 11 is 4.83. The van der Waals surface area contributed by atoms with Crippen molar-refractivity contribution in [2.75, 3.05) is 17.2 Å². The van der Waals surface area contributed by atoms with Crippen molar-refractivity contribution in [3.63, 3.8) is 0 Å². The van der Waals surface area contributed by atoms with Gasteiger partial charge in [0.15, 0.2) is 0 Å². The molecule has 0 radical (unpaired) electrons. The van der Waals surface area contributed by atoms with Crippen molar-refractivity contribution in [2.24, 2.45) is 0 Å². The van der Waals surface area contributed by atoms with Crippen LogP contribution >= 0.6 is 11.6 Å². The molecule has 3 aliphatic rings. The molecular formula is C32H28ClF2N5O4. The molecule has 2 aromatic heterocycles. The zero-order valence-electron chi connectivity index (χ0n) is 23.9. The van der Waals surface area contributed by atoms with Crippen LogP contribution in [0, 0.1) is 0 Å². The molecule has 2 aliphatic heterocycles. The molecule has 4 heterocycles. The molecule has 2 amide bonds. The van der Waals surface area contributed by atoms with Gasteiger partial charge in [0, 0.05) is 70.7 Å². The first kappa shape index (κ1) is 28.4. The van der Waals surface area contributed by atoms with Crippen LogP contribution in [0.25, 0.3) is 22.4 Å². The lowest BCUT2D eigenvalue weighted by Gasteiger charge is -2.22. The summed E-state index contributed by atoms with van der Waals surface area (Å²) in [7, 11) is 0. The van der Waals surface area contributed by atoms with E-state index in [4.69, 9.17) is 26.4 Å². The van der Waals surface area contributed by atoms with Crippen LogP contribution in [-0.2, 0) is 21.4 Å². The Balaban J connectivity index is 1.23. The summed E-state index contributed by atoms with van der Waals surface area (Å²) < 4.78 is 38.1. The lowest BCUT2D eigenvalue weighted by atomic mass is 9.80. The summed E-state index contributed by atoms with van der Waals surface area (Å²) in [5, 5.41) is 10.6. The van der Waals surface area contributed by atoms with E-state index in [-0.39, 0.29) is 17.9 Å². The highest BCUT2D eigenvalue weighted by molar-refractivity contribution is 6.20. The number of benzene rings is 2. The molecule has 1 unspecified atom stereocenters. The first-order valence-electron chi connectivity index (χ1n) is 14.3. The van der Waals surface area contributed by atoms with Crippen molar-refractivity contribution in [2.45, 2.75) is 56.7 Å². The minimum atomic E-state index is -3.85. The van der Waals surface area contributed by atoms with Crippen molar-refractivity contribution in [1.82, 2.24) is 14.8 Å². The van der Waals surface area contributed by atoms with Gasteiger partial charge in [-0.05, 0) is 86.7 Å². The monoisotopic (exact) mass is 619 g/mol. The average Bonchev–Trinajstić information content (AvgIpc) is 3.62. The number of hydrogen-bond acceptors (Lipinski definition) is 6. The number of amides is 2. The van der Waals surface area contributed by atoms with E-state index < -0.39 is 16.9 Å². The first-order chi connectivity index (χ1) is 21.0. The van der Waals surface area contributed by atoms with Gasteiger partial charge in [-0.2, -0.15) is 5.10 Å². The number of carbonyl (C=O) groups is 2. The van der Waals surface area contributed by atoms with Crippen LogP contribution in [-0.4, -0.2) is 38.8 Å². The van der Waals surface area contributed by atoms with E-state index in [1.165, 1.54) is 24.3 Å². The SMILES string of the molecule is CC1(C)C(=O)Nc2cc(C(=O)Nc3ccc(OC(F)(F)Cl)cc3)cc(-c3cnc4c(c3)-c3nn(C5CCCCO5)cc3C4)c21. The number of nitrogens with zero attached hydrogens (tertiary/aromatic N) is 3. The fourth-order valence-electron chi connectivity index (χ4n) is 6.14. The molecule has 4 aromatic rings. The molecule has 7 rings (SSSR count). The predicted molar refractivity (Wildman–Crippen MR) is 160 cm³/mol. The summed E-state index contributed by atoms with van der Waals surface area (Å²) in [5.41, 5.74) is 2.48. The van der Waals surface area contributed by atoms with E-state index in [0.29, 0.717) is 28.9 Å². The van der Waals surface area contributed by atoms with E-state index in [2.05, 4.69) is 15.4 Å². The number of ether oxygens (including phenoxy) is 2. The Bertz CT molecular complexity index is 1810. The quantitative estimate of drug-likeness (QED) is 0.201. The minimum absolute atomic E-state index is 0.0738. The van der Waals surface area contributed by atoms with Crippen molar-refractivity contribution in [3.05, 3.63) is 77.2 Å². The molecular weight excluding hydrogens is 592 g/mol. The lowest BCUT2D eigenvalue weighted by molar-refractivity contribution is -0.119. The van der Waals surface area contributed by atoms with Gasteiger partial charge >= 0.3 is 5.57 Å². The Labute approximate surface area is 256 Å². The zero-order valence-corrected chi connectivity index (χ0v) is 24.7. The third-order valence-corrected chi connectivity index (χ3v) is 8.42. The summed E-state index contributed by atoms with van der Waals surface area (Å²) in [5.74, 6) is -0.788. The number of fused-ring (bicyclic) bond motifs is 4. The molecule has 12 heteroatoms. The molecule has 9 nitrogen and oxygen atoms in total. The van der Waals surface area contributed by atoms with Gasteiger partial charge in [-0.3, -0.25) is 14.6 Å². The predicted octanol–water partition coefficient (Wildman–Crippen LogP) is 6.87. The molecule has 0 bridgehead atoms. The van der Waals surface area contributed by atoms with E-state index in [9.17, 15) is 18.4 Å². The fraction of sp³-hybridized carbons (Fsp3) is 0.312. The maximum Gasteiger partial charge on any atom is 0.487 e. The van der Waals surface area contributed by atoms with Crippen molar-refractivity contribution < 1.29 is 27.8 Å². The Hall–Kier alpha value is -4.35.